The van der Waals surface area contributed by atoms with Gasteiger partial charge in [0.15, 0.2) is 0 Å². The maximum Gasteiger partial charge on any atom is 0.320 e. The Labute approximate surface area is 90.9 Å². The second kappa shape index (κ2) is 4.00. The van der Waals surface area contributed by atoms with Crippen LogP contribution in [0, 0.1) is 0 Å². The normalized spacial score (nSPS) is 24.1. The van der Waals surface area contributed by atoms with Crippen molar-refractivity contribution in [3.8, 4) is 0 Å². The molecule has 2 rings (SSSR count). The minimum absolute atomic E-state index is 0.119. The predicted molar refractivity (Wildman–Crippen MR) is 57.6 cm³/mol. The molecule has 0 aromatic carbocycles. The Morgan fingerprint density at radius 1 is 1.27 bits per heavy atom. The van der Waals surface area contributed by atoms with E-state index in [-0.39, 0.29) is 6.03 Å². The summed E-state index contributed by atoms with van der Waals surface area (Å²) in [7, 11) is 0. The first-order chi connectivity index (χ1) is 7.14. The van der Waals surface area contributed by atoms with Crippen LogP contribution in [-0.4, -0.2) is 52.7 Å². The second-order valence-corrected chi connectivity index (χ2v) is 4.81. The lowest BCUT2D eigenvalue weighted by Gasteiger charge is -2.47. The van der Waals surface area contributed by atoms with Crippen molar-refractivity contribution in [1.82, 2.24) is 9.80 Å². The van der Waals surface area contributed by atoms with Crippen LogP contribution in [-0.2, 0) is 0 Å². The zero-order chi connectivity index (χ0) is 10.9. The topological polar surface area (TPSA) is 43.8 Å². The van der Waals surface area contributed by atoms with E-state index in [1.54, 1.807) is 4.90 Å². The highest BCUT2D eigenvalue weighted by atomic mass is 16.3. The van der Waals surface area contributed by atoms with Crippen LogP contribution in [0.15, 0.2) is 0 Å². The van der Waals surface area contributed by atoms with Crippen LogP contribution in [0.25, 0.3) is 0 Å². The molecule has 2 fully saturated rings. The molecule has 2 amide bonds. The van der Waals surface area contributed by atoms with Gasteiger partial charge in [0.05, 0.1) is 18.7 Å². The van der Waals surface area contributed by atoms with Crippen molar-refractivity contribution in [3.05, 3.63) is 0 Å². The van der Waals surface area contributed by atoms with Gasteiger partial charge in [-0.1, -0.05) is 13.3 Å². The number of carbonyl (C=O) groups is 1. The zero-order valence-electron chi connectivity index (χ0n) is 9.41. The molecule has 2 aliphatic heterocycles. The first kappa shape index (κ1) is 10.7. The number of likely N-dealkylation sites (tertiary alicyclic amines) is 2. The van der Waals surface area contributed by atoms with E-state index in [0.717, 1.165) is 38.8 Å². The van der Waals surface area contributed by atoms with Crippen molar-refractivity contribution in [2.75, 3.05) is 26.2 Å². The standard InChI is InChI=1S/C11H20N2O2/c1-2-5-11(15)8-13(9-11)10(14)12-6-3-4-7-12/h15H,2-9H2,1H3. The van der Waals surface area contributed by atoms with Crippen molar-refractivity contribution in [3.63, 3.8) is 0 Å². The summed E-state index contributed by atoms with van der Waals surface area (Å²) in [5.74, 6) is 0. The van der Waals surface area contributed by atoms with Crippen molar-refractivity contribution in [2.45, 2.75) is 38.2 Å². The van der Waals surface area contributed by atoms with Crippen LogP contribution in [0.2, 0.25) is 0 Å². The number of hydrogen-bond acceptors (Lipinski definition) is 2. The van der Waals surface area contributed by atoms with Crippen LogP contribution in [0.3, 0.4) is 0 Å². The van der Waals surface area contributed by atoms with E-state index in [1.807, 2.05) is 4.90 Å². The fourth-order valence-electron chi connectivity index (χ4n) is 2.53. The van der Waals surface area contributed by atoms with Gasteiger partial charge in [0.1, 0.15) is 0 Å². The third-order valence-electron chi connectivity index (χ3n) is 3.33. The summed E-state index contributed by atoms with van der Waals surface area (Å²) in [5.41, 5.74) is -0.593. The Morgan fingerprint density at radius 3 is 2.40 bits per heavy atom. The van der Waals surface area contributed by atoms with Gasteiger partial charge in [0, 0.05) is 13.1 Å². The molecule has 2 heterocycles. The smallest absolute Gasteiger partial charge is 0.320 e. The van der Waals surface area contributed by atoms with Crippen LogP contribution >= 0.6 is 0 Å². The molecule has 0 saturated carbocycles. The molecule has 0 spiro atoms. The molecule has 0 aliphatic carbocycles. The van der Waals surface area contributed by atoms with Crippen molar-refractivity contribution in [1.29, 1.82) is 0 Å². The first-order valence-corrected chi connectivity index (χ1v) is 5.91. The van der Waals surface area contributed by atoms with E-state index < -0.39 is 5.60 Å². The molecular formula is C11H20N2O2. The Balaban J connectivity index is 1.80. The van der Waals surface area contributed by atoms with Gasteiger partial charge in [-0.3, -0.25) is 0 Å². The highest BCUT2D eigenvalue weighted by molar-refractivity contribution is 5.76. The van der Waals surface area contributed by atoms with Crippen molar-refractivity contribution in [2.24, 2.45) is 0 Å². The lowest BCUT2D eigenvalue weighted by atomic mass is 9.90. The minimum atomic E-state index is -0.593. The molecule has 0 aromatic rings. The van der Waals surface area contributed by atoms with Crippen molar-refractivity contribution < 1.29 is 9.90 Å². The monoisotopic (exact) mass is 212 g/mol. The second-order valence-electron chi connectivity index (χ2n) is 4.81. The average molecular weight is 212 g/mol. The predicted octanol–water partition coefficient (Wildman–Crippen LogP) is 1.05. The summed E-state index contributed by atoms with van der Waals surface area (Å²) in [6.45, 7) is 4.89. The quantitative estimate of drug-likeness (QED) is 0.743. The Bertz CT molecular complexity index is 243. The number of carbonyl (C=O) groups excluding carboxylic acids is 1. The van der Waals surface area contributed by atoms with E-state index in [0.29, 0.717) is 13.1 Å². The molecule has 0 atom stereocenters. The summed E-state index contributed by atoms with van der Waals surface area (Å²) in [4.78, 5) is 15.5. The Hall–Kier alpha value is -0.770. The fraction of sp³-hybridized carbons (Fsp3) is 0.909. The average Bonchev–Trinajstić information content (AvgIpc) is 2.66. The number of aliphatic hydroxyl groups is 1. The number of nitrogens with zero attached hydrogens (tertiary/aromatic N) is 2. The molecule has 1 N–H and O–H groups in total. The number of urea groups is 1. The van der Waals surface area contributed by atoms with E-state index in [4.69, 9.17) is 0 Å². The molecular weight excluding hydrogens is 192 g/mol. The molecule has 0 aromatic heterocycles. The van der Waals surface area contributed by atoms with Crippen LogP contribution in [0.4, 0.5) is 4.79 Å². The Kier molecular flexibility index (Phi) is 2.87. The van der Waals surface area contributed by atoms with Crippen molar-refractivity contribution >= 4 is 6.03 Å². The number of amides is 2. The molecule has 0 radical (unpaired) electrons. The third-order valence-corrected chi connectivity index (χ3v) is 3.33. The molecule has 0 bridgehead atoms. The highest BCUT2D eigenvalue weighted by Crippen LogP contribution is 2.27. The summed E-state index contributed by atoms with van der Waals surface area (Å²) in [5, 5.41) is 9.96. The molecule has 2 aliphatic rings. The van der Waals surface area contributed by atoms with E-state index >= 15 is 0 Å². The van der Waals surface area contributed by atoms with Gasteiger partial charge in [0.2, 0.25) is 0 Å². The third kappa shape index (κ3) is 2.09. The van der Waals surface area contributed by atoms with E-state index in [2.05, 4.69) is 6.92 Å². The van der Waals surface area contributed by atoms with Gasteiger partial charge in [0.25, 0.3) is 0 Å². The number of hydrogen-bond donors (Lipinski definition) is 1. The SMILES string of the molecule is CCCC1(O)CN(C(=O)N2CCCC2)C1. The Morgan fingerprint density at radius 2 is 1.87 bits per heavy atom. The van der Waals surface area contributed by atoms with Gasteiger partial charge >= 0.3 is 6.03 Å². The summed E-state index contributed by atoms with van der Waals surface area (Å²) in [6, 6.07) is 0.119. The fourth-order valence-corrected chi connectivity index (χ4v) is 2.53. The maximum absolute atomic E-state index is 11.9. The van der Waals surface area contributed by atoms with Gasteiger partial charge in [-0.2, -0.15) is 0 Å². The van der Waals surface area contributed by atoms with Gasteiger partial charge < -0.3 is 14.9 Å². The van der Waals surface area contributed by atoms with Gasteiger partial charge in [-0.25, -0.2) is 4.79 Å². The lowest BCUT2D eigenvalue weighted by Crippen LogP contribution is -2.65. The molecule has 4 nitrogen and oxygen atoms in total. The van der Waals surface area contributed by atoms with E-state index in [1.165, 1.54) is 0 Å². The molecule has 2 saturated heterocycles. The van der Waals surface area contributed by atoms with Crippen LogP contribution < -0.4 is 0 Å². The lowest BCUT2D eigenvalue weighted by molar-refractivity contribution is -0.0857. The first-order valence-electron chi connectivity index (χ1n) is 5.91. The highest BCUT2D eigenvalue weighted by Gasteiger charge is 2.44. The number of rotatable bonds is 2. The summed E-state index contributed by atoms with van der Waals surface area (Å²) >= 11 is 0. The largest absolute Gasteiger partial charge is 0.386 e. The van der Waals surface area contributed by atoms with Gasteiger partial charge in [-0.05, 0) is 19.3 Å². The summed E-state index contributed by atoms with van der Waals surface area (Å²) in [6.07, 6.45) is 4.02. The van der Waals surface area contributed by atoms with E-state index in [9.17, 15) is 9.90 Å². The van der Waals surface area contributed by atoms with Crippen LogP contribution in [0.5, 0.6) is 0 Å². The van der Waals surface area contributed by atoms with Crippen LogP contribution in [0.1, 0.15) is 32.6 Å². The maximum atomic E-state index is 11.9. The molecule has 4 heteroatoms. The zero-order valence-corrected chi connectivity index (χ0v) is 9.41. The summed E-state index contributed by atoms with van der Waals surface area (Å²) < 4.78 is 0. The van der Waals surface area contributed by atoms with Gasteiger partial charge in [-0.15, -0.1) is 0 Å². The number of β-amino-alcohol motifs (C(OH)–C–C–N with tert-alkyl or cyclic N) is 1. The molecule has 15 heavy (non-hydrogen) atoms. The molecule has 86 valence electrons. The minimum Gasteiger partial charge on any atom is -0.386 e. The molecule has 0 unspecified atom stereocenters.